The van der Waals surface area contributed by atoms with Crippen molar-refractivity contribution >= 4 is 0 Å². The van der Waals surface area contributed by atoms with E-state index in [1.807, 2.05) is 13.0 Å². The largest absolute Gasteiger partial charge is 0.314 e. The molecule has 0 radical (unpaired) electrons. The van der Waals surface area contributed by atoms with Gasteiger partial charge in [0.2, 0.25) is 0 Å². The van der Waals surface area contributed by atoms with E-state index in [4.69, 9.17) is 0 Å². The number of rotatable bonds is 6. The Morgan fingerprint density at radius 3 is 2.48 bits per heavy atom. The minimum atomic E-state index is -0.144. The molecule has 0 aliphatic carbocycles. The predicted octanol–water partition coefficient (Wildman–Crippen LogP) is 4.73. The number of hydrogen-bond acceptors (Lipinski definition) is 1. The first-order valence-corrected chi connectivity index (χ1v) is 7.69. The Labute approximate surface area is 127 Å². The van der Waals surface area contributed by atoms with Crippen molar-refractivity contribution in [3.63, 3.8) is 0 Å². The lowest BCUT2D eigenvalue weighted by Gasteiger charge is -2.14. The van der Waals surface area contributed by atoms with Crippen LogP contribution in [0.5, 0.6) is 0 Å². The number of benzene rings is 2. The van der Waals surface area contributed by atoms with E-state index in [9.17, 15) is 4.39 Å². The third kappa shape index (κ3) is 4.15. The summed E-state index contributed by atoms with van der Waals surface area (Å²) < 4.78 is 13.6. The minimum absolute atomic E-state index is 0.144. The first-order valence-electron chi connectivity index (χ1n) is 7.69. The molecule has 0 aromatic heterocycles. The summed E-state index contributed by atoms with van der Waals surface area (Å²) in [6.07, 6.45) is 2.17. The fourth-order valence-electron chi connectivity index (χ4n) is 2.56. The van der Waals surface area contributed by atoms with E-state index < -0.39 is 0 Å². The maximum atomic E-state index is 13.6. The summed E-state index contributed by atoms with van der Waals surface area (Å²) >= 11 is 0. The monoisotopic (exact) mass is 285 g/mol. The van der Waals surface area contributed by atoms with Gasteiger partial charge in [-0.1, -0.05) is 43.3 Å². The van der Waals surface area contributed by atoms with Gasteiger partial charge in [0.1, 0.15) is 5.82 Å². The second-order valence-electron chi connectivity index (χ2n) is 5.67. The van der Waals surface area contributed by atoms with Gasteiger partial charge in [0.15, 0.2) is 0 Å². The molecule has 0 saturated heterocycles. The van der Waals surface area contributed by atoms with E-state index in [-0.39, 0.29) is 5.82 Å². The first kappa shape index (κ1) is 15.7. The zero-order valence-corrected chi connectivity index (χ0v) is 13.1. The average molecular weight is 285 g/mol. The second-order valence-corrected chi connectivity index (χ2v) is 5.67. The van der Waals surface area contributed by atoms with E-state index in [0.29, 0.717) is 11.6 Å². The van der Waals surface area contributed by atoms with Gasteiger partial charge in [-0.15, -0.1) is 0 Å². The number of hydrogen-bond donors (Lipinski definition) is 1. The normalized spacial score (nSPS) is 12.4. The highest BCUT2D eigenvalue weighted by atomic mass is 19.1. The van der Waals surface area contributed by atoms with Crippen LogP contribution in [-0.2, 0) is 6.42 Å². The van der Waals surface area contributed by atoms with Crippen LogP contribution in [0.4, 0.5) is 4.39 Å². The standard InChI is InChI=1S/C19H24FN/c1-4-12-21-14(2)13-16-8-10-17(11-9-16)18-6-5-7-19(20)15(18)3/h5-11,14,21H,4,12-13H2,1-3H3. The van der Waals surface area contributed by atoms with Crippen LogP contribution in [0.15, 0.2) is 42.5 Å². The van der Waals surface area contributed by atoms with Gasteiger partial charge >= 0.3 is 0 Å². The Balaban J connectivity index is 2.10. The lowest BCUT2D eigenvalue weighted by atomic mass is 9.98. The Morgan fingerprint density at radius 1 is 1.10 bits per heavy atom. The first-order chi connectivity index (χ1) is 10.1. The smallest absolute Gasteiger partial charge is 0.126 e. The molecule has 2 heteroatoms. The van der Waals surface area contributed by atoms with Gasteiger partial charge < -0.3 is 5.32 Å². The van der Waals surface area contributed by atoms with Crippen LogP contribution in [0, 0.1) is 12.7 Å². The van der Waals surface area contributed by atoms with Crippen molar-refractivity contribution in [3.05, 3.63) is 59.4 Å². The molecule has 0 amide bonds. The van der Waals surface area contributed by atoms with Gasteiger partial charge in [-0.05, 0) is 61.6 Å². The van der Waals surface area contributed by atoms with Crippen LogP contribution in [0.3, 0.4) is 0 Å². The molecular formula is C19H24FN. The SMILES string of the molecule is CCCNC(C)Cc1ccc(-c2cccc(F)c2C)cc1. The van der Waals surface area contributed by atoms with Gasteiger partial charge in [-0.3, -0.25) is 0 Å². The zero-order chi connectivity index (χ0) is 15.2. The number of nitrogens with one attached hydrogen (secondary N) is 1. The Morgan fingerprint density at radius 2 is 1.81 bits per heavy atom. The van der Waals surface area contributed by atoms with Crippen LogP contribution in [0.2, 0.25) is 0 Å². The van der Waals surface area contributed by atoms with Gasteiger partial charge in [0, 0.05) is 6.04 Å². The highest BCUT2D eigenvalue weighted by Crippen LogP contribution is 2.25. The van der Waals surface area contributed by atoms with Crippen molar-refractivity contribution < 1.29 is 4.39 Å². The summed E-state index contributed by atoms with van der Waals surface area (Å²) in [5.74, 6) is -0.144. The Bertz CT molecular complexity index is 575. The third-order valence-electron chi connectivity index (χ3n) is 3.82. The minimum Gasteiger partial charge on any atom is -0.314 e. The summed E-state index contributed by atoms with van der Waals surface area (Å²) in [5, 5.41) is 3.49. The van der Waals surface area contributed by atoms with Gasteiger partial charge in [-0.25, -0.2) is 4.39 Å². The molecule has 2 aromatic carbocycles. The topological polar surface area (TPSA) is 12.0 Å². The molecule has 0 aliphatic heterocycles. The van der Waals surface area contributed by atoms with E-state index in [2.05, 4.69) is 43.4 Å². The lowest BCUT2D eigenvalue weighted by Crippen LogP contribution is -2.28. The molecular weight excluding hydrogens is 261 g/mol. The molecule has 0 bridgehead atoms. The highest BCUT2D eigenvalue weighted by molar-refractivity contribution is 5.67. The van der Waals surface area contributed by atoms with E-state index in [0.717, 1.165) is 30.5 Å². The van der Waals surface area contributed by atoms with Crippen molar-refractivity contribution in [1.29, 1.82) is 0 Å². The molecule has 0 saturated carbocycles. The fourth-order valence-corrected chi connectivity index (χ4v) is 2.56. The molecule has 0 fully saturated rings. The highest BCUT2D eigenvalue weighted by Gasteiger charge is 2.07. The molecule has 1 nitrogen and oxygen atoms in total. The van der Waals surface area contributed by atoms with E-state index in [1.54, 1.807) is 6.07 Å². The molecule has 0 aliphatic rings. The van der Waals surface area contributed by atoms with E-state index >= 15 is 0 Å². The average Bonchev–Trinajstić information content (AvgIpc) is 2.49. The molecule has 1 atom stereocenters. The van der Waals surface area contributed by atoms with Crippen LogP contribution in [-0.4, -0.2) is 12.6 Å². The summed E-state index contributed by atoms with van der Waals surface area (Å²) in [5.41, 5.74) is 4.07. The van der Waals surface area contributed by atoms with Crippen LogP contribution < -0.4 is 5.32 Å². The molecule has 0 spiro atoms. The van der Waals surface area contributed by atoms with Crippen LogP contribution in [0.1, 0.15) is 31.4 Å². The maximum Gasteiger partial charge on any atom is 0.126 e. The van der Waals surface area contributed by atoms with Crippen molar-refractivity contribution in [3.8, 4) is 11.1 Å². The summed E-state index contributed by atoms with van der Waals surface area (Å²) in [7, 11) is 0. The fraction of sp³-hybridized carbons (Fsp3) is 0.368. The van der Waals surface area contributed by atoms with Gasteiger partial charge in [0.25, 0.3) is 0 Å². The van der Waals surface area contributed by atoms with Crippen LogP contribution >= 0.6 is 0 Å². The molecule has 1 N–H and O–H groups in total. The molecule has 112 valence electrons. The molecule has 21 heavy (non-hydrogen) atoms. The summed E-state index contributed by atoms with van der Waals surface area (Å²) in [6, 6.07) is 14.2. The van der Waals surface area contributed by atoms with Crippen molar-refractivity contribution in [2.45, 2.75) is 39.7 Å². The second kappa shape index (κ2) is 7.37. The summed E-state index contributed by atoms with van der Waals surface area (Å²) in [4.78, 5) is 0. The van der Waals surface area contributed by atoms with Crippen molar-refractivity contribution in [1.82, 2.24) is 5.32 Å². The Kier molecular flexibility index (Phi) is 5.51. The quantitative estimate of drug-likeness (QED) is 0.809. The maximum absolute atomic E-state index is 13.6. The van der Waals surface area contributed by atoms with Gasteiger partial charge in [-0.2, -0.15) is 0 Å². The van der Waals surface area contributed by atoms with Crippen molar-refractivity contribution in [2.75, 3.05) is 6.54 Å². The third-order valence-corrected chi connectivity index (χ3v) is 3.82. The molecule has 2 rings (SSSR count). The van der Waals surface area contributed by atoms with Crippen molar-refractivity contribution in [2.24, 2.45) is 0 Å². The molecule has 0 heterocycles. The van der Waals surface area contributed by atoms with Gasteiger partial charge in [0.05, 0.1) is 0 Å². The predicted molar refractivity (Wildman–Crippen MR) is 88.0 cm³/mol. The Hall–Kier alpha value is -1.67. The van der Waals surface area contributed by atoms with Crippen LogP contribution in [0.25, 0.3) is 11.1 Å². The number of halogens is 1. The molecule has 2 aromatic rings. The van der Waals surface area contributed by atoms with E-state index in [1.165, 1.54) is 11.6 Å². The lowest BCUT2D eigenvalue weighted by molar-refractivity contribution is 0.543. The molecule has 1 unspecified atom stereocenters. The summed E-state index contributed by atoms with van der Waals surface area (Å²) in [6.45, 7) is 7.27. The zero-order valence-electron chi connectivity index (χ0n) is 13.1.